The van der Waals surface area contributed by atoms with E-state index in [2.05, 4.69) is 54.2 Å². The Hall–Kier alpha value is -0.540. The van der Waals surface area contributed by atoms with Crippen LogP contribution in [0.5, 0.6) is 5.75 Å². The average molecular weight is 312 g/mol. The van der Waals surface area contributed by atoms with Crippen molar-refractivity contribution in [3.8, 4) is 5.75 Å². The molecule has 2 rings (SSSR count). The molecule has 1 aliphatic heterocycles. The summed E-state index contributed by atoms with van der Waals surface area (Å²) >= 11 is 3.58. The van der Waals surface area contributed by atoms with Crippen molar-refractivity contribution >= 4 is 15.9 Å². The van der Waals surface area contributed by atoms with Gasteiger partial charge in [-0.1, -0.05) is 36.7 Å². The Morgan fingerprint density at radius 2 is 2.11 bits per heavy atom. The maximum Gasteiger partial charge on any atom is 0.127 e. The van der Waals surface area contributed by atoms with Crippen LogP contribution >= 0.6 is 15.9 Å². The van der Waals surface area contributed by atoms with Crippen molar-refractivity contribution in [2.45, 2.75) is 33.7 Å². The largest absolute Gasteiger partial charge is 0.493 e. The molecule has 1 unspecified atom stereocenters. The van der Waals surface area contributed by atoms with Crippen molar-refractivity contribution in [1.29, 1.82) is 0 Å². The normalized spacial score (nSPS) is 15.6. The van der Waals surface area contributed by atoms with Gasteiger partial charge in [-0.3, -0.25) is 0 Å². The summed E-state index contributed by atoms with van der Waals surface area (Å²) in [6, 6.07) is 4.33. The van der Waals surface area contributed by atoms with Crippen LogP contribution in [0, 0.1) is 11.8 Å². The third-order valence-corrected chi connectivity index (χ3v) is 4.20. The molecule has 0 saturated heterocycles. The van der Waals surface area contributed by atoms with Gasteiger partial charge in [-0.2, -0.15) is 0 Å². The number of fused-ring (bicyclic) bond motifs is 1. The predicted octanol–water partition coefficient (Wildman–Crippen LogP) is 3.77. The standard InChI is InChI=1S/C15H22BrNO/c1-10(2)11(3)8-17-9-13-7-14(16)6-12-4-5-18-15(12)13/h6-7,10-11,17H,4-5,8-9H2,1-3H3. The number of rotatable bonds is 5. The number of halogens is 1. The van der Waals surface area contributed by atoms with Crippen LogP contribution in [0.2, 0.25) is 0 Å². The number of nitrogens with one attached hydrogen (secondary N) is 1. The molecular formula is C15H22BrNO. The molecule has 2 nitrogen and oxygen atoms in total. The Morgan fingerprint density at radius 3 is 2.83 bits per heavy atom. The fourth-order valence-electron chi connectivity index (χ4n) is 2.15. The quantitative estimate of drug-likeness (QED) is 0.894. The first kappa shape index (κ1) is 13.9. The average Bonchev–Trinajstić information content (AvgIpc) is 2.76. The predicted molar refractivity (Wildman–Crippen MR) is 79.0 cm³/mol. The van der Waals surface area contributed by atoms with Crippen LogP contribution < -0.4 is 10.1 Å². The van der Waals surface area contributed by atoms with E-state index in [4.69, 9.17) is 4.74 Å². The lowest BCUT2D eigenvalue weighted by atomic mass is 9.98. The lowest BCUT2D eigenvalue weighted by molar-refractivity contribution is 0.350. The summed E-state index contributed by atoms with van der Waals surface area (Å²) < 4.78 is 6.88. The molecule has 0 aliphatic carbocycles. The van der Waals surface area contributed by atoms with E-state index in [9.17, 15) is 0 Å². The third-order valence-electron chi connectivity index (χ3n) is 3.75. The monoisotopic (exact) mass is 311 g/mol. The van der Waals surface area contributed by atoms with E-state index in [0.717, 1.165) is 42.3 Å². The summed E-state index contributed by atoms with van der Waals surface area (Å²) in [6.07, 6.45) is 1.03. The summed E-state index contributed by atoms with van der Waals surface area (Å²) in [6.45, 7) is 9.59. The van der Waals surface area contributed by atoms with E-state index in [1.54, 1.807) is 0 Å². The summed E-state index contributed by atoms with van der Waals surface area (Å²) in [7, 11) is 0. The Labute approximate surface area is 118 Å². The minimum absolute atomic E-state index is 0.700. The molecule has 0 fully saturated rings. The van der Waals surface area contributed by atoms with Gasteiger partial charge in [-0.05, 0) is 36.1 Å². The summed E-state index contributed by atoms with van der Waals surface area (Å²) in [5.41, 5.74) is 2.60. The molecule has 1 heterocycles. The minimum atomic E-state index is 0.700. The molecule has 0 aromatic heterocycles. The lowest BCUT2D eigenvalue weighted by Crippen LogP contribution is -2.24. The summed E-state index contributed by atoms with van der Waals surface area (Å²) in [5, 5.41) is 3.54. The molecule has 0 spiro atoms. The minimum Gasteiger partial charge on any atom is -0.493 e. The highest BCUT2D eigenvalue weighted by Crippen LogP contribution is 2.32. The molecule has 0 amide bonds. The Morgan fingerprint density at radius 1 is 1.33 bits per heavy atom. The molecule has 18 heavy (non-hydrogen) atoms. The zero-order chi connectivity index (χ0) is 13.1. The highest BCUT2D eigenvalue weighted by atomic mass is 79.9. The van der Waals surface area contributed by atoms with Gasteiger partial charge in [-0.15, -0.1) is 0 Å². The molecular weight excluding hydrogens is 290 g/mol. The van der Waals surface area contributed by atoms with Gasteiger partial charge >= 0.3 is 0 Å². The van der Waals surface area contributed by atoms with Crippen molar-refractivity contribution in [2.24, 2.45) is 11.8 Å². The molecule has 1 aliphatic rings. The molecule has 1 aromatic rings. The van der Waals surface area contributed by atoms with Gasteiger partial charge in [0.05, 0.1) is 6.61 Å². The van der Waals surface area contributed by atoms with Gasteiger partial charge < -0.3 is 10.1 Å². The van der Waals surface area contributed by atoms with E-state index < -0.39 is 0 Å². The molecule has 1 N–H and O–H groups in total. The van der Waals surface area contributed by atoms with Crippen LogP contribution in [0.4, 0.5) is 0 Å². The van der Waals surface area contributed by atoms with Crippen molar-refractivity contribution in [3.63, 3.8) is 0 Å². The molecule has 1 aromatic carbocycles. The Balaban J connectivity index is 1.98. The summed E-state index contributed by atoms with van der Waals surface area (Å²) in [5.74, 6) is 2.52. The van der Waals surface area contributed by atoms with E-state index in [0.29, 0.717) is 5.92 Å². The SMILES string of the molecule is CC(C)C(C)CNCc1cc(Br)cc2c1OCC2. The second-order valence-electron chi connectivity index (χ2n) is 5.50. The van der Waals surface area contributed by atoms with Crippen molar-refractivity contribution in [2.75, 3.05) is 13.2 Å². The third kappa shape index (κ3) is 3.27. The molecule has 100 valence electrons. The van der Waals surface area contributed by atoms with Gasteiger partial charge in [0.15, 0.2) is 0 Å². The van der Waals surface area contributed by atoms with Gasteiger partial charge in [-0.25, -0.2) is 0 Å². The smallest absolute Gasteiger partial charge is 0.127 e. The highest BCUT2D eigenvalue weighted by molar-refractivity contribution is 9.10. The Bertz CT molecular complexity index is 417. The maximum atomic E-state index is 5.73. The number of benzene rings is 1. The number of ether oxygens (including phenoxy) is 1. The van der Waals surface area contributed by atoms with Crippen LogP contribution in [0.15, 0.2) is 16.6 Å². The zero-order valence-electron chi connectivity index (χ0n) is 11.4. The van der Waals surface area contributed by atoms with Gasteiger partial charge in [0.1, 0.15) is 5.75 Å². The molecule has 0 saturated carbocycles. The van der Waals surface area contributed by atoms with E-state index in [-0.39, 0.29) is 0 Å². The molecule has 0 radical (unpaired) electrons. The topological polar surface area (TPSA) is 21.3 Å². The van der Waals surface area contributed by atoms with E-state index >= 15 is 0 Å². The number of hydrogen-bond acceptors (Lipinski definition) is 2. The van der Waals surface area contributed by atoms with Crippen molar-refractivity contribution < 1.29 is 4.74 Å². The van der Waals surface area contributed by atoms with Gasteiger partial charge in [0.2, 0.25) is 0 Å². The molecule has 3 heteroatoms. The molecule has 0 bridgehead atoms. The number of hydrogen-bond donors (Lipinski definition) is 1. The van der Waals surface area contributed by atoms with Crippen LogP contribution in [0.3, 0.4) is 0 Å². The Kier molecular flexibility index (Phi) is 4.68. The highest BCUT2D eigenvalue weighted by Gasteiger charge is 2.17. The van der Waals surface area contributed by atoms with Gasteiger partial charge in [0, 0.05) is 23.0 Å². The first-order valence-corrected chi connectivity index (χ1v) is 7.52. The fourth-order valence-corrected chi connectivity index (χ4v) is 2.70. The zero-order valence-corrected chi connectivity index (χ0v) is 13.0. The van der Waals surface area contributed by atoms with Crippen LogP contribution in [0.1, 0.15) is 31.9 Å². The second-order valence-corrected chi connectivity index (χ2v) is 6.42. The second kappa shape index (κ2) is 6.07. The lowest BCUT2D eigenvalue weighted by Gasteiger charge is -2.17. The van der Waals surface area contributed by atoms with Crippen LogP contribution in [-0.4, -0.2) is 13.2 Å². The van der Waals surface area contributed by atoms with Crippen LogP contribution in [-0.2, 0) is 13.0 Å². The van der Waals surface area contributed by atoms with E-state index in [1.165, 1.54) is 11.1 Å². The first-order valence-electron chi connectivity index (χ1n) is 6.72. The summed E-state index contributed by atoms with van der Waals surface area (Å²) in [4.78, 5) is 0. The van der Waals surface area contributed by atoms with Crippen LogP contribution in [0.25, 0.3) is 0 Å². The van der Waals surface area contributed by atoms with Crippen molar-refractivity contribution in [1.82, 2.24) is 5.32 Å². The fraction of sp³-hybridized carbons (Fsp3) is 0.600. The molecule has 1 atom stereocenters. The first-order chi connectivity index (χ1) is 8.58. The maximum absolute atomic E-state index is 5.73. The van der Waals surface area contributed by atoms with Gasteiger partial charge in [0.25, 0.3) is 0 Å². The van der Waals surface area contributed by atoms with Crippen molar-refractivity contribution in [3.05, 3.63) is 27.7 Å². The van der Waals surface area contributed by atoms with E-state index in [1.807, 2.05) is 0 Å².